The van der Waals surface area contributed by atoms with Crippen molar-refractivity contribution in [3.8, 4) is 11.1 Å². The summed E-state index contributed by atoms with van der Waals surface area (Å²) in [5.41, 5.74) is -1.76. The van der Waals surface area contributed by atoms with Crippen LogP contribution in [0.25, 0.3) is 22.2 Å². The van der Waals surface area contributed by atoms with E-state index in [0.29, 0.717) is 11.2 Å². The van der Waals surface area contributed by atoms with Crippen molar-refractivity contribution in [3.05, 3.63) is 84.8 Å². The number of hydrogen-bond acceptors (Lipinski definition) is 6. The third-order valence-corrected chi connectivity index (χ3v) is 4.74. The molecule has 0 amide bonds. The molecule has 2 aliphatic rings. The molecule has 1 aliphatic carbocycles. The summed E-state index contributed by atoms with van der Waals surface area (Å²) in [4.78, 5) is 51.6. The van der Waals surface area contributed by atoms with Gasteiger partial charge in [0.1, 0.15) is 5.35 Å². The Bertz CT molecular complexity index is 1510. The van der Waals surface area contributed by atoms with Gasteiger partial charge >= 0.3 is 11.9 Å². The standard InChI is InChI=1S/C21H14N2O7/c1-22-11-6-7-12-13(8-11)30-19-16(23-12)15(21(28)29)14(17(24)18(19)25)9-2-4-10(5-3-9)20(26)27/h2-8,22-23H,1H3,(H,26,27)(H,28,29). The topological polar surface area (TPSA) is 150 Å². The van der Waals surface area contributed by atoms with Crippen LogP contribution in [-0.2, 0) is 0 Å². The number of aromatic amines is 1. The normalized spacial score (nSPS) is 11.0. The first kappa shape index (κ1) is 18.9. The average molecular weight is 406 g/mol. The van der Waals surface area contributed by atoms with Crippen LogP contribution in [0.3, 0.4) is 0 Å². The van der Waals surface area contributed by atoms with Gasteiger partial charge in [0.25, 0.3) is 5.43 Å². The molecule has 4 rings (SSSR count). The summed E-state index contributed by atoms with van der Waals surface area (Å²) in [6, 6.07) is 10.0. The fraction of sp³-hybridized carbons (Fsp3) is 0.0476. The molecule has 2 aromatic carbocycles. The molecule has 0 saturated heterocycles. The molecule has 0 fully saturated rings. The van der Waals surface area contributed by atoms with Gasteiger partial charge in [-0.3, -0.25) is 9.59 Å². The van der Waals surface area contributed by atoms with Crippen LogP contribution in [0.1, 0.15) is 20.7 Å². The largest absolute Gasteiger partial charge is 0.478 e. The van der Waals surface area contributed by atoms with Gasteiger partial charge in [0, 0.05) is 18.8 Å². The van der Waals surface area contributed by atoms with Crippen molar-refractivity contribution in [1.82, 2.24) is 4.98 Å². The zero-order chi connectivity index (χ0) is 21.6. The predicted molar refractivity (Wildman–Crippen MR) is 107 cm³/mol. The summed E-state index contributed by atoms with van der Waals surface area (Å²) in [7, 11) is 1.70. The van der Waals surface area contributed by atoms with Crippen molar-refractivity contribution in [2.24, 2.45) is 0 Å². The van der Waals surface area contributed by atoms with Gasteiger partial charge < -0.3 is 24.9 Å². The number of fused-ring (bicyclic) bond motifs is 1. The lowest BCUT2D eigenvalue weighted by Crippen LogP contribution is -2.30. The SMILES string of the molecule is CNc1ccc2[nH]c3c(C(=O)O)c(-c4ccc(C(=O)O)cc4)c(=O)c(=O)c=3oc2c1. The van der Waals surface area contributed by atoms with Crippen LogP contribution in [0, 0.1) is 10.8 Å². The van der Waals surface area contributed by atoms with Crippen molar-refractivity contribution >= 4 is 28.7 Å². The third kappa shape index (κ3) is 2.89. The van der Waals surface area contributed by atoms with Crippen LogP contribution < -0.4 is 16.2 Å². The van der Waals surface area contributed by atoms with E-state index < -0.39 is 33.8 Å². The van der Waals surface area contributed by atoms with E-state index in [-0.39, 0.29) is 27.6 Å². The Kier molecular flexibility index (Phi) is 4.35. The van der Waals surface area contributed by atoms with E-state index in [1.54, 1.807) is 25.2 Å². The van der Waals surface area contributed by atoms with E-state index in [4.69, 9.17) is 9.52 Å². The Morgan fingerprint density at radius 2 is 1.67 bits per heavy atom. The number of rotatable bonds is 4. The Morgan fingerprint density at radius 3 is 2.27 bits per heavy atom. The summed E-state index contributed by atoms with van der Waals surface area (Å²) in [5, 5.41) is 21.7. The van der Waals surface area contributed by atoms with Crippen molar-refractivity contribution in [3.63, 3.8) is 0 Å². The van der Waals surface area contributed by atoms with Crippen LogP contribution in [0.5, 0.6) is 0 Å². The number of aromatic nitrogens is 1. The summed E-state index contributed by atoms with van der Waals surface area (Å²) < 4.78 is 5.61. The molecule has 9 heteroatoms. The summed E-state index contributed by atoms with van der Waals surface area (Å²) in [6.07, 6.45) is 0. The fourth-order valence-corrected chi connectivity index (χ4v) is 3.28. The first-order valence-corrected chi connectivity index (χ1v) is 8.73. The lowest BCUT2D eigenvalue weighted by Gasteiger charge is -2.09. The average Bonchev–Trinajstić information content (AvgIpc) is 2.74. The Morgan fingerprint density at radius 1 is 0.967 bits per heavy atom. The number of carbonyl (C=O) groups is 2. The summed E-state index contributed by atoms with van der Waals surface area (Å²) in [6.45, 7) is 0. The van der Waals surface area contributed by atoms with Gasteiger partial charge in [-0.1, -0.05) is 12.1 Å². The minimum atomic E-state index is -1.44. The Hall–Kier alpha value is -4.40. The molecular weight excluding hydrogens is 392 g/mol. The maximum absolute atomic E-state index is 12.8. The maximum atomic E-state index is 12.8. The first-order valence-electron chi connectivity index (χ1n) is 8.73. The molecule has 0 saturated carbocycles. The quantitative estimate of drug-likeness (QED) is 0.377. The number of anilines is 1. The number of carboxylic acids is 2. The lowest BCUT2D eigenvalue weighted by molar-refractivity contribution is 0.0685. The molecule has 1 aliphatic heterocycles. The van der Waals surface area contributed by atoms with E-state index in [0.717, 1.165) is 0 Å². The second-order valence-corrected chi connectivity index (χ2v) is 6.49. The van der Waals surface area contributed by atoms with Gasteiger partial charge in [0.05, 0.1) is 22.2 Å². The van der Waals surface area contributed by atoms with Gasteiger partial charge in [0.15, 0.2) is 5.58 Å². The van der Waals surface area contributed by atoms with E-state index in [1.807, 2.05) is 0 Å². The highest BCUT2D eigenvalue weighted by Gasteiger charge is 2.23. The van der Waals surface area contributed by atoms with E-state index in [1.165, 1.54) is 24.3 Å². The van der Waals surface area contributed by atoms with Crippen molar-refractivity contribution < 1.29 is 24.2 Å². The van der Waals surface area contributed by atoms with Gasteiger partial charge in [0.2, 0.25) is 10.8 Å². The molecule has 30 heavy (non-hydrogen) atoms. The molecule has 2 aromatic rings. The number of hydrogen-bond donors (Lipinski definition) is 4. The Labute approximate surface area is 166 Å². The molecule has 1 heterocycles. The highest BCUT2D eigenvalue weighted by atomic mass is 16.4. The third-order valence-electron chi connectivity index (χ3n) is 4.74. The minimum Gasteiger partial charge on any atom is -0.478 e. The molecule has 9 nitrogen and oxygen atoms in total. The Balaban J connectivity index is 2.15. The fourth-order valence-electron chi connectivity index (χ4n) is 3.28. The molecule has 0 bridgehead atoms. The van der Waals surface area contributed by atoms with Gasteiger partial charge in [-0.2, -0.15) is 0 Å². The molecule has 0 radical (unpaired) electrons. The number of carboxylic acid groups (broad SMARTS) is 2. The number of nitrogens with one attached hydrogen (secondary N) is 2. The van der Waals surface area contributed by atoms with Gasteiger partial charge in [-0.05, 0) is 29.8 Å². The smallest absolute Gasteiger partial charge is 0.338 e. The zero-order valence-electron chi connectivity index (χ0n) is 15.5. The van der Waals surface area contributed by atoms with Crippen LogP contribution >= 0.6 is 0 Å². The van der Waals surface area contributed by atoms with E-state index in [2.05, 4.69) is 10.3 Å². The zero-order valence-corrected chi connectivity index (χ0v) is 15.5. The van der Waals surface area contributed by atoms with Crippen molar-refractivity contribution in [1.29, 1.82) is 0 Å². The lowest BCUT2D eigenvalue weighted by atomic mass is 9.97. The number of aromatic carboxylic acids is 2. The van der Waals surface area contributed by atoms with Crippen molar-refractivity contribution in [2.75, 3.05) is 12.4 Å². The van der Waals surface area contributed by atoms with Crippen LogP contribution in [0.2, 0.25) is 0 Å². The minimum absolute atomic E-state index is 0.0425. The van der Waals surface area contributed by atoms with Gasteiger partial charge in [-0.25, -0.2) is 9.59 Å². The molecule has 0 spiro atoms. The number of benzene rings is 2. The second-order valence-electron chi connectivity index (χ2n) is 6.49. The predicted octanol–water partition coefficient (Wildman–Crippen LogP) is 2.31. The number of H-pyrrole nitrogens is 1. The molecule has 0 unspecified atom stereocenters. The van der Waals surface area contributed by atoms with E-state index in [9.17, 15) is 24.3 Å². The highest BCUT2D eigenvalue weighted by molar-refractivity contribution is 5.96. The summed E-state index contributed by atoms with van der Waals surface area (Å²) >= 11 is 0. The monoisotopic (exact) mass is 406 g/mol. The second kappa shape index (κ2) is 6.89. The molecule has 150 valence electrons. The summed E-state index contributed by atoms with van der Waals surface area (Å²) in [5.74, 6) is -2.61. The molecule has 0 atom stereocenters. The van der Waals surface area contributed by atoms with Crippen LogP contribution in [-0.4, -0.2) is 34.2 Å². The van der Waals surface area contributed by atoms with E-state index >= 15 is 0 Å². The van der Waals surface area contributed by atoms with Crippen LogP contribution in [0.4, 0.5) is 5.69 Å². The molecule has 4 N–H and O–H groups in total. The molecular formula is C21H14N2O7. The maximum Gasteiger partial charge on any atom is 0.338 e. The van der Waals surface area contributed by atoms with Gasteiger partial charge in [-0.15, -0.1) is 0 Å². The highest BCUT2D eigenvalue weighted by Crippen LogP contribution is 2.24. The first-order chi connectivity index (χ1) is 14.3. The van der Waals surface area contributed by atoms with Crippen LogP contribution in [0.15, 0.2) is 56.5 Å². The molecule has 0 aromatic heterocycles. The van der Waals surface area contributed by atoms with Crippen molar-refractivity contribution in [2.45, 2.75) is 0 Å².